The molecular formula is C14H23N3O5. The van der Waals surface area contributed by atoms with Crippen LogP contribution in [0.1, 0.15) is 40.5 Å². The second-order valence-electron chi connectivity index (χ2n) is 6.26. The quantitative estimate of drug-likeness (QED) is 0.368. The molecule has 0 aliphatic heterocycles. The van der Waals surface area contributed by atoms with Crippen molar-refractivity contribution >= 4 is 11.9 Å². The van der Waals surface area contributed by atoms with Gasteiger partial charge < -0.3 is 14.6 Å². The largest absolute Gasteiger partial charge is 0.466 e. The van der Waals surface area contributed by atoms with Crippen molar-refractivity contribution in [2.24, 2.45) is 17.0 Å². The molecule has 1 N–H and O–H groups in total. The van der Waals surface area contributed by atoms with Crippen LogP contribution in [-0.2, 0) is 19.1 Å². The van der Waals surface area contributed by atoms with Gasteiger partial charge in [0.2, 0.25) is 0 Å². The number of azide groups is 1. The zero-order valence-electron chi connectivity index (χ0n) is 13.4. The van der Waals surface area contributed by atoms with Gasteiger partial charge in [-0.05, 0) is 46.1 Å². The SMILES string of the molecule is CCOC(=O)[C@@H]1CC[C@@H](N=[N+]=[N-])[C@H](O)[C@@H]1C(=O)OC(C)(C)C. The number of hydrogen-bond donors (Lipinski definition) is 1. The van der Waals surface area contributed by atoms with Gasteiger partial charge in [0.15, 0.2) is 0 Å². The van der Waals surface area contributed by atoms with Crippen LogP contribution in [-0.4, -0.2) is 41.4 Å². The van der Waals surface area contributed by atoms with Crippen LogP contribution in [0.4, 0.5) is 0 Å². The van der Waals surface area contributed by atoms with Crippen LogP contribution in [0.2, 0.25) is 0 Å². The summed E-state index contributed by atoms with van der Waals surface area (Å²) in [4.78, 5) is 27.1. The molecule has 0 aromatic heterocycles. The van der Waals surface area contributed by atoms with Crippen molar-refractivity contribution in [3.63, 3.8) is 0 Å². The van der Waals surface area contributed by atoms with Gasteiger partial charge in [-0.3, -0.25) is 9.59 Å². The highest BCUT2D eigenvalue weighted by atomic mass is 16.6. The van der Waals surface area contributed by atoms with E-state index in [0.717, 1.165) is 0 Å². The standard InChI is InChI=1S/C14H23N3O5/c1-5-21-12(19)8-6-7-9(16-17-15)11(18)10(8)13(20)22-14(2,3)4/h8-11,18H,5-7H2,1-4H3/t8-,9-,10-,11+/m1/s1. The number of carbonyl (C=O) groups is 2. The van der Waals surface area contributed by atoms with Crippen molar-refractivity contribution < 1.29 is 24.2 Å². The molecule has 0 unspecified atom stereocenters. The van der Waals surface area contributed by atoms with Crippen molar-refractivity contribution in [2.45, 2.75) is 58.3 Å². The molecule has 8 heteroatoms. The average Bonchev–Trinajstić information content (AvgIpc) is 2.39. The zero-order chi connectivity index (χ0) is 16.9. The van der Waals surface area contributed by atoms with E-state index >= 15 is 0 Å². The van der Waals surface area contributed by atoms with E-state index in [1.165, 1.54) is 0 Å². The molecule has 0 radical (unpaired) electrons. The van der Waals surface area contributed by atoms with Crippen LogP contribution >= 0.6 is 0 Å². The fraction of sp³-hybridized carbons (Fsp3) is 0.857. The summed E-state index contributed by atoms with van der Waals surface area (Å²) in [7, 11) is 0. The number of rotatable bonds is 4. The van der Waals surface area contributed by atoms with Crippen molar-refractivity contribution in [3.05, 3.63) is 10.4 Å². The van der Waals surface area contributed by atoms with Gasteiger partial charge in [-0.1, -0.05) is 5.11 Å². The Bertz CT molecular complexity index is 468. The topological polar surface area (TPSA) is 122 Å². The van der Waals surface area contributed by atoms with Gasteiger partial charge in [0, 0.05) is 4.91 Å². The van der Waals surface area contributed by atoms with E-state index in [2.05, 4.69) is 10.0 Å². The first-order valence-corrected chi connectivity index (χ1v) is 7.33. The van der Waals surface area contributed by atoms with Gasteiger partial charge in [0.1, 0.15) is 5.60 Å². The van der Waals surface area contributed by atoms with Crippen LogP contribution in [0.5, 0.6) is 0 Å². The van der Waals surface area contributed by atoms with Gasteiger partial charge >= 0.3 is 11.9 Å². The summed E-state index contributed by atoms with van der Waals surface area (Å²) in [5, 5.41) is 13.8. The predicted octanol–water partition coefficient (Wildman–Crippen LogP) is 1.96. The van der Waals surface area contributed by atoms with Crippen LogP contribution in [0.15, 0.2) is 5.11 Å². The molecule has 1 aliphatic rings. The lowest BCUT2D eigenvalue weighted by molar-refractivity contribution is -0.177. The summed E-state index contributed by atoms with van der Waals surface area (Å²) in [5.74, 6) is -3.12. The Morgan fingerprint density at radius 2 is 1.95 bits per heavy atom. The van der Waals surface area contributed by atoms with E-state index in [0.29, 0.717) is 12.8 Å². The molecule has 4 atom stereocenters. The van der Waals surface area contributed by atoms with E-state index in [1.54, 1.807) is 27.7 Å². The molecular weight excluding hydrogens is 290 g/mol. The predicted molar refractivity (Wildman–Crippen MR) is 77.6 cm³/mol. The molecule has 0 aromatic rings. The molecule has 124 valence electrons. The summed E-state index contributed by atoms with van der Waals surface area (Å²) in [6.07, 6.45) is -0.661. The average molecular weight is 313 g/mol. The van der Waals surface area contributed by atoms with Gasteiger partial charge in [0.05, 0.1) is 30.6 Å². The zero-order valence-corrected chi connectivity index (χ0v) is 13.4. The third-order valence-electron chi connectivity index (χ3n) is 3.44. The highest BCUT2D eigenvalue weighted by molar-refractivity contribution is 5.83. The summed E-state index contributed by atoms with van der Waals surface area (Å²) in [5.41, 5.74) is 7.80. The maximum Gasteiger partial charge on any atom is 0.312 e. The van der Waals surface area contributed by atoms with Gasteiger partial charge in [-0.25, -0.2) is 0 Å². The van der Waals surface area contributed by atoms with Gasteiger partial charge in [-0.15, -0.1) is 0 Å². The minimum atomic E-state index is -1.27. The second kappa shape index (κ2) is 7.47. The Morgan fingerprint density at radius 3 is 2.45 bits per heavy atom. The van der Waals surface area contributed by atoms with Crippen molar-refractivity contribution in [1.29, 1.82) is 0 Å². The first-order valence-electron chi connectivity index (χ1n) is 7.33. The molecule has 0 spiro atoms. The minimum absolute atomic E-state index is 0.187. The van der Waals surface area contributed by atoms with E-state index in [1.807, 2.05) is 0 Å². The van der Waals surface area contributed by atoms with E-state index in [9.17, 15) is 14.7 Å². The smallest absolute Gasteiger partial charge is 0.312 e. The normalized spacial score (nSPS) is 28.4. The fourth-order valence-electron chi connectivity index (χ4n) is 2.56. The van der Waals surface area contributed by atoms with E-state index in [-0.39, 0.29) is 6.61 Å². The van der Waals surface area contributed by atoms with Crippen molar-refractivity contribution in [2.75, 3.05) is 6.61 Å². The number of ether oxygens (including phenoxy) is 2. The Labute approximate surface area is 129 Å². The lowest BCUT2D eigenvalue weighted by Crippen LogP contribution is -2.50. The van der Waals surface area contributed by atoms with Gasteiger partial charge in [0.25, 0.3) is 0 Å². The Morgan fingerprint density at radius 1 is 1.32 bits per heavy atom. The highest BCUT2D eigenvalue weighted by Crippen LogP contribution is 2.35. The maximum atomic E-state index is 12.4. The lowest BCUT2D eigenvalue weighted by atomic mass is 9.75. The number of nitrogens with zero attached hydrogens (tertiary/aromatic N) is 3. The molecule has 0 heterocycles. The number of esters is 2. The molecule has 1 rings (SSSR count). The molecule has 22 heavy (non-hydrogen) atoms. The highest BCUT2D eigenvalue weighted by Gasteiger charge is 2.47. The first-order chi connectivity index (χ1) is 10.2. The fourth-order valence-corrected chi connectivity index (χ4v) is 2.56. The number of aliphatic hydroxyl groups is 1. The van der Waals surface area contributed by atoms with Gasteiger partial charge in [-0.2, -0.15) is 0 Å². The summed E-state index contributed by atoms with van der Waals surface area (Å²) in [6, 6.07) is -0.756. The Balaban J connectivity index is 3.04. The number of carbonyl (C=O) groups excluding carboxylic acids is 2. The molecule has 0 saturated heterocycles. The molecule has 1 saturated carbocycles. The van der Waals surface area contributed by atoms with E-state index in [4.69, 9.17) is 15.0 Å². The van der Waals surface area contributed by atoms with Crippen molar-refractivity contribution in [1.82, 2.24) is 0 Å². The number of aliphatic hydroxyl groups excluding tert-OH is 1. The Kier molecular flexibility index (Phi) is 6.20. The maximum absolute atomic E-state index is 12.4. The third kappa shape index (κ3) is 4.61. The molecule has 0 aromatic carbocycles. The van der Waals surface area contributed by atoms with Crippen LogP contribution in [0.25, 0.3) is 10.4 Å². The molecule has 0 bridgehead atoms. The second-order valence-corrected chi connectivity index (χ2v) is 6.26. The third-order valence-corrected chi connectivity index (χ3v) is 3.44. The number of hydrogen-bond acceptors (Lipinski definition) is 6. The monoisotopic (exact) mass is 313 g/mol. The van der Waals surface area contributed by atoms with Crippen molar-refractivity contribution in [3.8, 4) is 0 Å². The summed E-state index contributed by atoms with van der Waals surface area (Å²) < 4.78 is 10.3. The molecule has 1 fully saturated rings. The van der Waals surface area contributed by atoms with E-state index < -0.39 is 41.5 Å². The molecule has 0 amide bonds. The minimum Gasteiger partial charge on any atom is -0.466 e. The molecule has 8 nitrogen and oxygen atoms in total. The van der Waals surface area contributed by atoms with Crippen LogP contribution < -0.4 is 0 Å². The lowest BCUT2D eigenvalue weighted by Gasteiger charge is -2.37. The van der Waals surface area contributed by atoms with Crippen LogP contribution in [0.3, 0.4) is 0 Å². The van der Waals surface area contributed by atoms with Crippen LogP contribution in [0, 0.1) is 11.8 Å². The first kappa shape index (κ1) is 18.3. The summed E-state index contributed by atoms with van der Waals surface area (Å²) in [6.45, 7) is 6.95. The Hall–Kier alpha value is -1.79. The summed E-state index contributed by atoms with van der Waals surface area (Å²) >= 11 is 0. The molecule has 1 aliphatic carbocycles.